The lowest BCUT2D eigenvalue weighted by atomic mass is 10.1. The summed E-state index contributed by atoms with van der Waals surface area (Å²) in [6.07, 6.45) is 2.71. The molecule has 0 unspecified atom stereocenters. The first kappa shape index (κ1) is 23.3. The first-order chi connectivity index (χ1) is 15.9. The maximum absolute atomic E-state index is 12.5. The van der Waals surface area contributed by atoms with Gasteiger partial charge in [-0.3, -0.25) is 9.59 Å². The van der Waals surface area contributed by atoms with Crippen LogP contribution in [0.5, 0.6) is 0 Å². The van der Waals surface area contributed by atoms with Gasteiger partial charge in [0.25, 0.3) is 10.8 Å². The van der Waals surface area contributed by atoms with Crippen LogP contribution < -0.4 is 16.6 Å². The standard InChI is InChI=1S/C19H20N6O5S3/c1-2-29-17(28)15-9-4-3-5-10(9)33-16(15)22-13(27)7-32-19-25-24-14(30-19)8-31-18-21-11(20)6-12(26)23-18/h6H,2-5,7-8H2,1H3,(H,22,27)(H3,20,21,23,26). The summed E-state index contributed by atoms with van der Waals surface area (Å²) in [6.45, 7) is 2.02. The molecule has 0 atom stereocenters. The van der Waals surface area contributed by atoms with E-state index in [0.717, 1.165) is 41.5 Å². The number of esters is 1. The number of H-pyrrole nitrogens is 1. The number of rotatable bonds is 9. The van der Waals surface area contributed by atoms with Crippen molar-refractivity contribution in [2.45, 2.75) is 42.3 Å². The predicted octanol–water partition coefficient (Wildman–Crippen LogP) is 2.49. The van der Waals surface area contributed by atoms with E-state index < -0.39 is 5.97 Å². The van der Waals surface area contributed by atoms with Crippen molar-refractivity contribution in [2.75, 3.05) is 23.4 Å². The highest BCUT2D eigenvalue weighted by Crippen LogP contribution is 2.39. The van der Waals surface area contributed by atoms with E-state index in [9.17, 15) is 14.4 Å². The van der Waals surface area contributed by atoms with Crippen molar-refractivity contribution in [3.05, 3.63) is 38.3 Å². The minimum absolute atomic E-state index is 0.0315. The highest BCUT2D eigenvalue weighted by Gasteiger charge is 2.28. The molecule has 11 nitrogen and oxygen atoms in total. The lowest BCUT2D eigenvalue weighted by Crippen LogP contribution is -2.16. The number of nitrogens with one attached hydrogen (secondary N) is 2. The fraction of sp³-hybridized carbons (Fsp3) is 0.368. The molecule has 0 radical (unpaired) electrons. The molecule has 3 heterocycles. The first-order valence-electron chi connectivity index (χ1n) is 9.99. The van der Waals surface area contributed by atoms with Gasteiger partial charge in [-0.1, -0.05) is 23.5 Å². The summed E-state index contributed by atoms with van der Waals surface area (Å²) < 4.78 is 10.7. The van der Waals surface area contributed by atoms with Gasteiger partial charge < -0.3 is 25.2 Å². The topological polar surface area (TPSA) is 166 Å². The Morgan fingerprint density at radius 3 is 2.97 bits per heavy atom. The lowest BCUT2D eigenvalue weighted by molar-refractivity contribution is -0.113. The van der Waals surface area contributed by atoms with Crippen molar-refractivity contribution in [2.24, 2.45) is 0 Å². The van der Waals surface area contributed by atoms with Crippen LogP contribution in [0.2, 0.25) is 0 Å². The number of hydrogen-bond acceptors (Lipinski definition) is 12. The summed E-state index contributed by atoms with van der Waals surface area (Å²) in [5.41, 5.74) is 6.66. The van der Waals surface area contributed by atoms with Crippen molar-refractivity contribution in [1.82, 2.24) is 20.2 Å². The van der Waals surface area contributed by atoms with Crippen LogP contribution >= 0.6 is 34.9 Å². The second-order valence-electron chi connectivity index (χ2n) is 6.84. The highest BCUT2D eigenvalue weighted by molar-refractivity contribution is 7.99. The normalized spacial score (nSPS) is 12.5. The Kier molecular flexibility index (Phi) is 7.35. The zero-order chi connectivity index (χ0) is 23.4. The Morgan fingerprint density at radius 2 is 2.18 bits per heavy atom. The van der Waals surface area contributed by atoms with Crippen LogP contribution in [0.4, 0.5) is 10.8 Å². The smallest absolute Gasteiger partial charge is 0.341 e. The summed E-state index contributed by atoms with van der Waals surface area (Å²) in [7, 11) is 0. The van der Waals surface area contributed by atoms with E-state index in [2.05, 4.69) is 25.5 Å². The molecular weight excluding hydrogens is 488 g/mol. The number of ether oxygens (including phenoxy) is 1. The minimum Gasteiger partial charge on any atom is -0.462 e. The molecule has 3 aromatic rings. The molecule has 33 heavy (non-hydrogen) atoms. The van der Waals surface area contributed by atoms with Gasteiger partial charge in [-0.25, -0.2) is 9.78 Å². The number of carbonyl (C=O) groups is 2. The van der Waals surface area contributed by atoms with Crippen molar-refractivity contribution in [1.29, 1.82) is 0 Å². The molecule has 0 spiro atoms. The summed E-state index contributed by atoms with van der Waals surface area (Å²) >= 11 is 3.70. The average Bonchev–Trinajstić information content (AvgIpc) is 3.46. The van der Waals surface area contributed by atoms with Gasteiger partial charge in [0.05, 0.1) is 23.7 Å². The van der Waals surface area contributed by atoms with Crippen LogP contribution in [0.15, 0.2) is 25.7 Å². The average molecular weight is 509 g/mol. The van der Waals surface area contributed by atoms with Crippen molar-refractivity contribution >= 4 is 57.6 Å². The van der Waals surface area contributed by atoms with Gasteiger partial charge in [-0.05, 0) is 31.7 Å². The van der Waals surface area contributed by atoms with Gasteiger partial charge in [0.2, 0.25) is 11.8 Å². The van der Waals surface area contributed by atoms with Crippen LogP contribution in [0.25, 0.3) is 0 Å². The van der Waals surface area contributed by atoms with E-state index in [0.29, 0.717) is 21.6 Å². The molecule has 0 saturated heterocycles. The van der Waals surface area contributed by atoms with Gasteiger partial charge in [0.1, 0.15) is 10.8 Å². The maximum atomic E-state index is 12.5. The third-order valence-electron chi connectivity index (χ3n) is 4.50. The molecule has 14 heteroatoms. The fourth-order valence-electron chi connectivity index (χ4n) is 3.21. The number of aryl methyl sites for hydroxylation is 1. The molecule has 0 aromatic carbocycles. The van der Waals surface area contributed by atoms with Crippen molar-refractivity contribution < 1.29 is 18.7 Å². The molecule has 174 valence electrons. The number of anilines is 2. The predicted molar refractivity (Wildman–Crippen MR) is 125 cm³/mol. The number of carbonyl (C=O) groups excluding carboxylic acids is 2. The summed E-state index contributed by atoms with van der Waals surface area (Å²) in [5.74, 6) is 0.0406. The van der Waals surface area contributed by atoms with Crippen molar-refractivity contribution in [3.8, 4) is 0 Å². The largest absolute Gasteiger partial charge is 0.462 e. The number of nitrogen functional groups attached to an aromatic ring is 1. The van der Waals surface area contributed by atoms with Crippen LogP contribution in [-0.2, 0) is 28.1 Å². The third kappa shape index (κ3) is 5.75. The quantitative estimate of drug-likeness (QED) is 0.221. The number of fused-ring (bicyclic) bond motifs is 1. The SMILES string of the molecule is CCOC(=O)c1c(NC(=O)CSc2nnc(CSc3nc(N)cc(=O)[nH]3)o2)sc2c1CCC2. The number of aromatic amines is 1. The van der Waals surface area contributed by atoms with Gasteiger partial charge >= 0.3 is 5.97 Å². The number of aromatic nitrogens is 4. The minimum atomic E-state index is -0.407. The van der Waals surface area contributed by atoms with E-state index in [-0.39, 0.29) is 40.6 Å². The molecule has 3 aromatic heterocycles. The maximum Gasteiger partial charge on any atom is 0.341 e. The van der Waals surface area contributed by atoms with Crippen molar-refractivity contribution in [3.63, 3.8) is 0 Å². The van der Waals surface area contributed by atoms with Gasteiger partial charge in [-0.15, -0.1) is 21.5 Å². The van der Waals surface area contributed by atoms with Crippen LogP contribution in [-0.4, -0.2) is 44.4 Å². The molecule has 0 aliphatic heterocycles. The summed E-state index contributed by atoms with van der Waals surface area (Å²) in [5, 5.41) is 11.8. The lowest BCUT2D eigenvalue weighted by Gasteiger charge is -2.07. The molecule has 1 aliphatic rings. The molecule has 4 N–H and O–H groups in total. The Bertz CT molecular complexity index is 1240. The van der Waals surface area contributed by atoms with E-state index >= 15 is 0 Å². The van der Waals surface area contributed by atoms with Crippen LogP contribution in [0, 0.1) is 0 Å². The van der Waals surface area contributed by atoms with Crippen LogP contribution in [0.3, 0.4) is 0 Å². The second-order valence-corrected chi connectivity index (χ2v) is 9.84. The Morgan fingerprint density at radius 1 is 1.33 bits per heavy atom. The number of thiophene rings is 1. The zero-order valence-corrected chi connectivity index (χ0v) is 20.0. The van der Waals surface area contributed by atoms with Gasteiger partial charge in [-0.2, -0.15) is 0 Å². The zero-order valence-electron chi connectivity index (χ0n) is 17.5. The molecular formula is C19H20N6O5S3. The molecule has 0 bridgehead atoms. The number of nitrogens with two attached hydrogens (primary N) is 1. The number of hydrogen-bond donors (Lipinski definition) is 3. The summed E-state index contributed by atoms with van der Waals surface area (Å²) in [4.78, 5) is 44.0. The van der Waals surface area contributed by atoms with Gasteiger partial charge in [0.15, 0.2) is 5.16 Å². The molecule has 0 saturated carbocycles. The molecule has 1 aliphatic carbocycles. The molecule has 4 rings (SSSR count). The Hall–Kier alpha value is -2.84. The molecule has 1 amide bonds. The first-order valence-corrected chi connectivity index (χ1v) is 12.8. The molecule has 0 fully saturated rings. The Balaban J connectivity index is 1.32. The van der Waals surface area contributed by atoms with E-state index in [1.165, 1.54) is 29.2 Å². The summed E-state index contributed by atoms with van der Waals surface area (Å²) in [6, 6.07) is 1.19. The fourth-order valence-corrected chi connectivity index (χ4v) is 5.80. The number of thioether (sulfide) groups is 2. The van der Waals surface area contributed by atoms with Crippen LogP contribution in [0.1, 0.15) is 40.0 Å². The second kappa shape index (κ2) is 10.4. The highest BCUT2D eigenvalue weighted by atomic mass is 32.2. The van der Waals surface area contributed by atoms with Gasteiger partial charge in [0, 0.05) is 10.9 Å². The monoisotopic (exact) mass is 508 g/mol. The van der Waals surface area contributed by atoms with E-state index in [1.54, 1.807) is 6.92 Å². The Labute approximate surface area is 200 Å². The third-order valence-corrected chi connectivity index (χ3v) is 7.38. The van der Waals surface area contributed by atoms with E-state index in [1.807, 2.05) is 0 Å². The number of amides is 1. The van der Waals surface area contributed by atoms with E-state index in [4.69, 9.17) is 14.9 Å². The number of nitrogens with zero attached hydrogens (tertiary/aromatic N) is 3.